The summed E-state index contributed by atoms with van der Waals surface area (Å²) in [6.07, 6.45) is 0. The van der Waals surface area contributed by atoms with Crippen molar-refractivity contribution in [2.45, 2.75) is 19.5 Å². The van der Waals surface area contributed by atoms with E-state index in [1.54, 1.807) is 48.5 Å². The Morgan fingerprint density at radius 2 is 1.54 bits per heavy atom. The average Bonchev–Trinajstić information content (AvgIpc) is 3.14. The Balaban J connectivity index is 1.81. The van der Waals surface area contributed by atoms with Crippen molar-refractivity contribution in [3.63, 3.8) is 0 Å². The number of benzene rings is 3. The first kappa shape index (κ1) is 23.8. The number of hydrogen-bond acceptors (Lipinski definition) is 6. The molecule has 0 spiro atoms. The molecule has 1 aliphatic rings. The Bertz CT molecular complexity index is 1260. The van der Waals surface area contributed by atoms with Crippen molar-refractivity contribution in [1.29, 1.82) is 0 Å². The van der Waals surface area contributed by atoms with E-state index in [0.29, 0.717) is 29.0 Å². The molecule has 1 aliphatic heterocycles. The summed E-state index contributed by atoms with van der Waals surface area (Å²) in [4.78, 5) is 39.6. The second-order valence-electron chi connectivity index (χ2n) is 7.98. The molecule has 7 heteroatoms. The van der Waals surface area contributed by atoms with Crippen LogP contribution in [0.15, 0.2) is 84.4 Å². The number of esters is 1. The zero-order valence-electron chi connectivity index (χ0n) is 19.4. The van der Waals surface area contributed by atoms with Crippen LogP contribution >= 0.6 is 0 Å². The van der Waals surface area contributed by atoms with Gasteiger partial charge in [0.25, 0.3) is 11.7 Å². The molecule has 1 saturated heterocycles. The third kappa shape index (κ3) is 4.80. The molecule has 1 N–H and O–H groups in total. The first-order chi connectivity index (χ1) is 16.9. The lowest BCUT2D eigenvalue weighted by Crippen LogP contribution is -2.29. The number of amides is 1. The number of nitrogens with zero attached hydrogens (tertiary/aromatic N) is 1. The maximum atomic E-state index is 13.2. The minimum Gasteiger partial charge on any atom is -0.507 e. The molecule has 1 atom stereocenters. The van der Waals surface area contributed by atoms with Crippen molar-refractivity contribution in [2.24, 2.45) is 0 Å². The first-order valence-corrected chi connectivity index (χ1v) is 11.2. The summed E-state index contributed by atoms with van der Waals surface area (Å²) < 4.78 is 10.2. The molecule has 0 aromatic heterocycles. The van der Waals surface area contributed by atoms with E-state index in [9.17, 15) is 19.5 Å². The number of ether oxygens (including phenoxy) is 2. The van der Waals surface area contributed by atoms with Gasteiger partial charge in [0.05, 0.1) is 30.9 Å². The SMILES string of the molecule is CCOc1ccc(/C(O)=C2\C(=O)C(=O)N(Cc3ccccc3)C2c2ccc(C(=O)OC)cc2)cc1. The van der Waals surface area contributed by atoms with Crippen LogP contribution in [0, 0.1) is 0 Å². The average molecular weight is 472 g/mol. The normalized spacial score (nSPS) is 16.9. The molecular weight excluding hydrogens is 446 g/mol. The van der Waals surface area contributed by atoms with Crippen LogP contribution in [0.4, 0.5) is 0 Å². The van der Waals surface area contributed by atoms with Crippen molar-refractivity contribution in [1.82, 2.24) is 4.90 Å². The highest BCUT2D eigenvalue weighted by molar-refractivity contribution is 6.46. The van der Waals surface area contributed by atoms with E-state index in [1.165, 1.54) is 12.0 Å². The molecule has 1 heterocycles. The van der Waals surface area contributed by atoms with Gasteiger partial charge in [-0.2, -0.15) is 0 Å². The van der Waals surface area contributed by atoms with Crippen LogP contribution in [-0.4, -0.2) is 41.4 Å². The number of aliphatic hydroxyl groups excluding tert-OH is 1. The van der Waals surface area contributed by atoms with E-state index in [4.69, 9.17) is 9.47 Å². The van der Waals surface area contributed by atoms with Gasteiger partial charge in [-0.25, -0.2) is 4.79 Å². The molecule has 35 heavy (non-hydrogen) atoms. The fourth-order valence-corrected chi connectivity index (χ4v) is 4.12. The molecular formula is C28H25NO6. The Morgan fingerprint density at radius 3 is 2.14 bits per heavy atom. The Kier molecular flexibility index (Phi) is 6.96. The van der Waals surface area contributed by atoms with E-state index < -0.39 is 23.7 Å². The highest BCUT2D eigenvalue weighted by Crippen LogP contribution is 2.40. The number of Topliss-reactive ketones (excluding diaryl/α,β-unsaturated/α-hetero) is 1. The molecule has 1 amide bonds. The van der Waals surface area contributed by atoms with Crippen molar-refractivity contribution in [3.05, 3.63) is 107 Å². The largest absolute Gasteiger partial charge is 0.507 e. The van der Waals surface area contributed by atoms with Gasteiger partial charge in [0.1, 0.15) is 11.5 Å². The zero-order chi connectivity index (χ0) is 24.9. The number of ketones is 1. The molecule has 7 nitrogen and oxygen atoms in total. The smallest absolute Gasteiger partial charge is 0.337 e. The summed E-state index contributed by atoms with van der Waals surface area (Å²) in [7, 11) is 1.29. The summed E-state index contributed by atoms with van der Waals surface area (Å²) in [6.45, 7) is 2.54. The van der Waals surface area contributed by atoms with E-state index in [-0.39, 0.29) is 17.9 Å². The van der Waals surface area contributed by atoms with E-state index >= 15 is 0 Å². The lowest BCUT2D eigenvalue weighted by atomic mass is 9.94. The van der Waals surface area contributed by atoms with Gasteiger partial charge in [-0.3, -0.25) is 9.59 Å². The highest BCUT2D eigenvalue weighted by atomic mass is 16.5. The van der Waals surface area contributed by atoms with Gasteiger partial charge in [-0.15, -0.1) is 0 Å². The zero-order valence-corrected chi connectivity index (χ0v) is 19.4. The summed E-state index contributed by atoms with van der Waals surface area (Å²) in [5, 5.41) is 11.2. The second-order valence-corrected chi connectivity index (χ2v) is 7.98. The van der Waals surface area contributed by atoms with Crippen molar-refractivity contribution in [2.75, 3.05) is 13.7 Å². The van der Waals surface area contributed by atoms with Gasteiger partial charge >= 0.3 is 5.97 Å². The maximum Gasteiger partial charge on any atom is 0.337 e. The molecule has 178 valence electrons. The van der Waals surface area contributed by atoms with Gasteiger partial charge < -0.3 is 19.5 Å². The molecule has 1 unspecified atom stereocenters. The van der Waals surface area contributed by atoms with Crippen LogP contribution in [0.2, 0.25) is 0 Å². The lowest BCUT2D eigenvalue weighted by molar-refractivity contribution is -0.140. The topological polar surface area (TPSA) is 93.1 Å². The van der Waals surface area contributed by atoms with Crippen LogP contribution in [0.25, 0.3) is 5.76 Å². The van der Waals surface area contributed by atoms with Crippen LogP contribution in [0.3, 0.4) is 0 Å². The van der Waals surface area contributed by atoms with E-state index in [1.807, 2.05) is 37.3 Å². The van der Waals surface area contributed by atoms with Gasteiger partial charge in [-0.05, 0) is 54.4 Å². The standard InChI is InChI=1S/C28H25NO6/c1-3-35-22-15-13-20(14-16-22)25(30)23-24(19-9-11-21(12-10-19)28(33)34-2)29(27(32)26(23)31)17-18-7-5-4-6-8-18/h4-16,24,30H,3,17H2,1-2H3/b25-23+. The second kappa shape index (κ2) is 10.3. The number of rotatable bonds is 7. The van der Waals surface area contributed by atoms with Crippen LogP contribution in [0.5, 0.6) is 5.75 Å². The first-order valence-electron chi connectivity index (χ1n) is 11.2. The summed E-state index contributed by atoms with van der Waals surface area (Å²) >= 11 is 0. The fourth-order valence-electron chi connectivity index (χ4n) is 4.12. The van der Waals surface area contributed by atoms with Crippen LogP contribution in [0.1, 0.15) is 40.0 Å². The molecule has 3 aromatic carbocycles. The molecule has 4 rings (SSSR count). The molecule has 1 fully saturated rings. The minimum atomic E-state index is -0.839. The summed E-state index contributed by atoms with van der Waals surface area (Å²) in [6, 6.07) is 21.6. The Hall–Kier alpha value is -4.39. The fraction of sp³-hybridized carbons (Fsp3) is 0.179. The maximum absolute atomic E-state index is 13.2. The Labute approximate surface area is 203 Å². The lowest BCUT2D eigenvalue weighted by Gasteiger charge is -2.25. The monoisotopic (exact) mass is 471 g/mol. The number of aliphatic hydroxyl groups is 1. The van der Waals surface area contributed by atoms with E-state index in [2.05, 4.69) is 0 Å². The third-order valence-electron chi connectivity index (χ3n) is 5.82. The summed E-state index contributed by atoms with van der Waals surface area (Å²) in [5.74, 6) is -1.62. The molecule has 0 radical (unpaired) electrons. The predicted octanol–water partition coefficient (Wildman–Crippen LogP) is 4.49. The number of carbonyl (C=O) groups is 3. The predicted molar refractivity (Wildman–Crippen MR) is 130 cm³/mol. The number of hydrogen-bond donors (Lipinski definition) is 1. The van der Waals surface area contributed by atoms with Gasteiger partial charge in [0, 0.05) is 12.1 Å². The number of methoxy groups -OCH3 is 1. The third-order valence-corrected chi connectivity index (χ3v) is 5.82. The number of carbonyl (C=O) groups excluding carboxylic acids is 3. The van der Waals surface area contributed by atoms with Gasteiger partial charge in [0.2, 0.25) is 0 Å². The van der Waals surface area contributed by atoms with Crippen molar-refractivity contribution < 1.29 is 29.0 Å². The quantitative estimate of drug-likeness (QED) is 0.236. The van der Waals surface area contributed by atoms with Gasteiger partial charge in [-0.1, -0.05) is 42.5 Å². The highest BCUT2D eigenvalue weighted by Gasteiger charge is 2.46. The molecule has 0 bridgehead atoms. The number of likely N-dealkylation sites (tertiary alicyclic amines) is 1. The van der Waals surface area contributed by atoms with Crippen LogP contribution in [-0.2, 0) is 20.9 Å². The summed E-state index contributed by atoms with van der Waals surface area (Å²) in [5.41, 5.74) is 2.14. The molecule has 0 aliphatic carbocycles. The van der Waals surface area contributed by atoms with Crippen molar-refractivity contribution >= 4 is 23.4 Å². The van der Waals surface area contributed by atoms with Gasteiger partial charge in [0.15, 0.2) is 0 Å². The van der Waals surface area contributed by atoms with Crippen LogP contribution < -0.4 is 4.74 Å². The minimum absolute atomic E-state index is 0.0130. The van der Waals surface area contributed by atoms with Crippen molar-refractivity contribution in [3.8, 4) is 5.75 Å². The molecule has 0 saturated carbocycles. The molecule has 3 aromatic rings. The Morgan fingerprint density at radius 1 is 0.914 bits per heavy atom. The van der Waals surface area contributed by atoms with E-state index in [0.717, 1.165) is 5.56 Å².